The lowest BCUT2D eigenvalue weighted by Gasteiger charge is -2.34. The summed E-state index contributed by atoms with van der Waals surface area (Å²) in [5, 5.41) is 5.28. The summed E-state index contributed by atoms with van der Waals surface area (Å²) in [5.74, 6) is 0. The lowest BCUT2D eigenvalue weighted by atomic mass is 9.75. The Balaban J connectivity index is 0.00000281. The van der Waals surface area contributed by atoms with Gasteiger partial charge in [0.15, 0.2) is 0 Å². The van der Waals surface area contributed by atoms with E-state index in [4.69, 9.17) is 0 Å². The molecule has 0 spiro atoms. The van der Waals surface area contributed by atoms with Crippen molar-refractivity contribution in [2.75, 3.05) is 0 Å². The van der Waals surface area contributed by atoms with Crippen LogP contribution in [0.5, 0.6) is 0 Å². The second-order valence-corrected chi connectivity index (χ2v) is 13.8. The maximum absolute atomic E-state index is 2.50. The van der Waals surface area contributed by atoms with Crippen LogP contribution in [-0.2, 0) is 10.8 Å². The van der Waals surface area contributed by atoms with Crippen LogP contribution in [0.15, 0.2) is 121 Å². The van der Waals surface area contributed by atoms with Crippen LogP contribution in [-0.4, -0.2) is 9.13 Å². The minimum Gasteiger partial charge on any atom is -0.309 e. The van der Waals surface area contributed by atoms with Gasteiger partial charge in [0, 0.05) is 32.4 Å². The van der Waals surface area contributed by atoms with E-state index in [0.717, 1.165) is 0 Å². The van der Waals surface area contributed by atoms with Crippen LogP contribution in [0.4, 0.5) is 0 Å². The third-order valence-electron chi connectivity index (χ3n) is 10.9. The summed E-state index contributed by atoms with van der Waals surface area (Å²) >= 11 is 0. The Morgan fingerprint density at radius 2 is 0.800 bits per heavy atom. The van der Waals surface area contributed by atoms with E-state index in [1.807, 2.05) is 0 Å². The molecule has 10 rings (SSSR count). The van der Waals surface area contributed by atoms with Gasteiger partial charge in [-0.05, 0) is 69.8 Å². The smallest absolute Gasteiger partial charge is 0.0582 e. The van der Waals surface area contributed by atoms with E-state index in [1.54, 1.807) is 0 Å². The number of aromatic nitrogens is 2. The average molecular weight is 581 g/mol. The van der Waals surface area contributed by atoms with Gasteiger partial charge in [0.25, 0.3) is 0 Å². The molecule has 6 aromatic carbocycles. The van der Waals surface area contributed by atoms with E-state index in [1.165, 1.54) is 88.4 Å². The fourth-order valence-electron chi connectivity index (χ4n) is 8.69. The van der Waals surface area contributed by atoms with Crippen molar-refractivity contribution < 1.29 is 0 Å². The molecule has 4 heterocycles. The Morgan fingerprint density at radius 3 is 1.24 bits per heavy atom. The van der Waals surface area contributed by atoms with E-state index < -0.39 is 0 Å². The molecule has 2 heteroatoms. The summed E-state index contributed by atoms with van der Waals surface area (Å²) in [7, 11) is 0. The van der Waals surface area contributed by atoms with Crippen LogP contribution in [0.3, 0.4) is 0 Å². The van der Waals surface area contributed by atoms with E-state index in [9.17, 15) is 0 Å². The van der Waals surface area contributed by atoms with Gasteiger partial charge in [-0.2, -0.15) is 0 Å². The van der Waals surface area contributed by atoms with E-state index in [-0.39, 0.29) is 18.3 Å². The van der Waals surface area contributed by atoms with E-state index in [2.05, 4.69) is 158 Å². The Bertz CT molecular complexity index is 2370. The van der Waals surface area contributed by atoms with Crippen molar-refractivity contribution >= 4 is 43.6 Å². The normalized spacial score (nSPS) is 15.3. The van der Waals surface area contributed by atoms with Crippen LogP contribution in [0.1, 0.15) is 57.4 Å². The molecular formula is C43H36N2. The molecule has 2 aliphatic heterocycles. The number of hydrogen-bond donors (Lipinski definition) is 0. The predicted molar refractivity (Wildman–Crippen MR) is 192 cm³/mol. The minimum atomic E-state index is -0.0572. The molecule has 0 atom stereocenters. The number of rotatable bonds is 1. The highest BCUT2D eigenvalue weighted by molar-refractivity contribution is 6.14. The van der Waals surface area contributed by atoms with Gasteiger partial charge in [0.1, 0.15) is 0 Å². The second kappa shape index (κ2) is 8.55. The summed E-state index contributed by atoms with van der Waals surface area (Å²) in [6, 6.07) is 45.7. The first-order valence-corrected chi connectivity index (χ1v) is 15.7. The van der Waals surface area contributed by atoms with Crippen LogP contribution < -0.4 is 0 Å². The Morgan fingerprint density at radius 1 is 0.400 bits per heavy atom. The molecule has 218 valence electrons. The summed E-state index contributed by atoms with van der Waals surface area (Å²) in [5.41, 5.74) is 15.7. The maximum Gasteiger partial charge on any atom is 0.0582 e. The highest BCUT2D eigenvalue weighted by Crippen LogP contribution is 2.49. The number of benzene rings is 6. The largest absolute Gasteiger partial charge is 0.309 e. The molecule has 0 fully saturated rings. The predicted octanol–water partition coefficient (Wildman–Crippen LogP) is 11.5. The van der Waals surface area contributed by atoms with Gasteiger partial charge in [-0.25, -0.2) is 0 Å². The first-order valence-electron chi connectivity index (χ1n) is 15.7. The van der Waals surface area contributed by atoms with Crippen molar-refractivity contribution in [1.29, 1.82) is 0 Å². The van der Waals surface area contributed by atoms with Crippen LogP contribution in [0, 0.1) is 0 Å². The minimum absolute atomic E-state index is 0. The van der Waals surface area contributed by atoms with Crippen molar-refractivity contribution in [2.24, 2.45) is 0 Å². The zero-order chi connectivity index (χ0) is 29.5. The highest BCUT2D eigenvalue weighted by Gasteiger charge is 2.36. The Kier molecular flexibility index (Phi) is 5.00. The Hall–Kier alpha value is -5.08. The molecule has 2 aliphatic rings. The number of hydrogen-bond acceptors (Lipinski definition) is 0. The fraction of sp³-hybridized carbons (Fsp3) is 0.163. The number of nitrogens with zero attached hydrogens (tertiary/aromatic N) is 2. The van der Waals surface area contributed by atoms with Crippen molar-refractivity contribution in [3.05, 3.63) is 144 Å². The molecule has 8 aromatic rings. The average Bonchev–Trinajstić information content (AvgIpc) is 3.56. The zero-order valence-corrected chi connectivity index (χ0v) is 25.4. The molecule has 0 unspecified atom stereocenters. The second-order valence-electron chi connectivity index (χ2n) is 13.8. The molecule has 0 radical (unpaired) electrons. The first-order chi connectivity index (χ1) is 21.4. The molecule has 0 N–H and O–H groups in total. The summed E-state index contributed by atoms with van der Waals surface area (Å²) in [4.78, 5) is 0. The Labute approximate surface area is 264 Å². The van der Waals surface area contributed by atoms with Gasteiger partial charge in [-0.1, -0.05) is 120 Å². The first kappa shape index (κ1) is 26.3. The molecule has 0 amide bonds. The lowest BCUT2D eigenvalue weighted by molar-refractivity contribution is 0.630. The van der Waals surface area contributed by atoms with E-state index >= 15 is 0 Å². The topological polar surface area (TPSA) is 9.86 Å². The van der Waals surface area contributed by atoms with Crippen LogP contribution in [0.2, 0.25) is 0 Å². The molecular weight excluding hydrogens is 544 g/mol. The van der Waals surface area contributed by atoms with Gasteiger partial charge < -0.3 is 9.13 Å². The molecule has 0 bridgehead atoms. The molecule has 2 nitrogen and oxygen atoms in total. The quantitative estimate of drug-likeness (QED) is 0.183. The zero-order valence-electron chi connectivity index (χ0n) is 25.4. The summed E-state index contributed by atoms with van der Waals surface area (Å²) in [6.07, 6.45) is 0. The monoisotopic (exact) mass is 580 g/mol. The molecule has 0 saturated heterocycles. The van der Waals surface area contributed by atoms with Crippen molar-refractivity contribution in [2.45, 2.75) is 46.0 Å². The van der Waals surface area contributed by atoms with Gasteiger partial charge in [0.05, 0.1) is 33.4 Å². The third-order valence-corrected chi connectivity index (χ3v) is 10.9. The highest BCUT2D eigenvalue weighted by atomic mass is 15.0. The molecule has 0 aliphatic carbocycles. The van der Waals surface area contributed by atoms with Gasteiger partial charge in [-0.15, -0.1) is 0 Å². The van der Waals surface area contributed by atoms with Crippen molar-refractivity contribution in [3.8, 4) is 22.5 Å². The number of fused-ring (bicyclic) bond motifs is 10. The maximum atomic E-state index is 2.50. The van der Waals surface area contributed by atoms with Crippen molar-refractivity contribution in [1.82, 2.24) is 9.13 Å². The molecule has 0 saturated carbocycles. The van der Waals surface area contributed by atoms with E-state index in [0.29, 0.717) is 0 Å². The van der Waals surface area contributed by atoms with Crippen LogP contribution >= 0.6 is 0 Å². The van der Waals surface area contributed by atoms with Crippen LogP contribution in [0.25, 0.3) is 66.1 Å². The standard InChI is InChI=1S/C42H32N2.CH4/c1-41(2)31-13-5-7-17-37(31)43-35-21-19-25(23-29(35)27-11-9-15-33(41)39(27)43)26-20-22-36-30(24-26)28-12-10-16-34-40(28)44(36)38-18-8-6-14-32(38)42(34,3)4;/h5-24H,1-4H3;1H4. The fourth-order valence-corrected chi connectivity index (χ4v) is 8.69. The summed E-state index contributed by atoms with van der Waals surface area (Å²) < 4.78 is 4.99. The lowest BCUT2D eigenvalue weighted by Crippen LogP contribution is -2.26. The SMILES string of the molecule is C.CC1(C)c2ccccc2-n2c3ccc(-c4ccc5c(c4)c4cccc6c4n5-c4ccccc4C6(C)C)cc3c3cccc1c32. The van der Waals surface area contributed by atoms with Gasteiger partial charge in [-0.3, -0.25) is 0 Å². The van der Waals surface area contributed by atoms with Crippen molar-refractivity contribution in [3.63, 3.8) is 0 Å². The molecule has 2 aromatic heterocycles. The van der Waals surface area contributed by atoms with Gasteiger partial charge >= 0.3 is 0 Å². The third kappa shape index (κ3) is 3.10. The number of para-hydroxylation sites is 4. The van der Waals surface area contributed by atoms with Gasteiger partial charge in [0.2, 0.25) is 0 Å². The summed E-state index contributed by atoms with van der Waals surface area (Å²) in [6.45, 7) is 9.45. The molecule has 45 heavy (non-hydrogen) atoms.